The number of methoxy groups -OCH3 is 3. The lowest BCUT2D eigenvalue weighted by molar-refractivity contribution is -0.357. The Morgan fingerprint density at radius 1 is 0.667 bits per heavy atom. The number of fused-ring (bicyclic) bond motifs is 3. The zero-order valence-electron chi connectivity index (χ0n) is 39.5. The molecular formula is C47H74O19. The molecule has 0 bridgehead atoms. The number of carbonyl (C=O) groups is 1. The first-order valence-electron chi connectivity index (χ1n) is 23.9. The molecule has 19 nitrogen and oxygen atoms in total. The van der Waals surface area contributed by atoms with E-state index in [0.717, 1.165) is 12.2 Å². The molecule has 6 heterocycles. The van der Waals surface area contributed by atoms with Crippen molar-refractivity contribution >= 4 is 5.97 Å². The van der Waals surface area contributed by atoms with E-state index in [1.54, 1.807) is 21.1 Å². The van der Waals surface area contributed by atoms with E-state index in [9.17, 15) is 30.3 Å². The van der Waals surface area contributed by atoms with Crippen LogP contribution in [0.5, 0.6) is 0 Å². The maximum atomic E-state index is 13.5. The molecular weight excluding hydrogens is 868 g/mol. The van der Waals surface area contributed by atoms with Gasteiger partial charge in [-0.15, -0.1) is 0 Å². The molecule has 0 radical (unpaired) electrons. The van der Waals surface area contributed by atoms with E-state index in [2.05, 4.69) is 19.1 Å². The highest BCUT2D eigenvalue weighted by Crippen LogP contribution is 2.56. The van der Waals surface area contributed by atoms with E-state index in [1.165, 1.54) is 12.7 Å². The number of aliphatic hydroxyl groups excluding tert-OH is 5. The molecule has 0 amide bonds. The minimum absolute atomic E-state index is 0.00209. The molecule has 6 fully saturated rings. The molecule has 66 heavy (non-hydrogen) atoms. The Hall–Kier alpha value is -1.73. The molecule has 0 spiro atoms. The van der Waals surface area contributed by atoms with E-state index in [0.29, 0.717) is 45.1 Å². The Morgan fingerprint density at radius 2 is 1.23 bits per heavy atom. The fourth-order valence-corrected chi connectivity index (χ4v) is 11.9. The quantitative estimate of drug-likeness (QED) is 0.131. The van der Waals surface area contributed by atoms with Crippen molar-refractivity contribution in [2.45, 2.75) is 209 Å². The highest BCUT2D eigenvalue weighted by Gasteiger charge is 2.55. The van der Waals surface area contributed by atoms with Gasteiger partial charge in [0.15, 0.2) is 25.2 Å². The van der Waals surface area contributed by atoms with Gasteiger partial charge < -0.3 is 87.1 Å². The first-order valence-corrected chi connectivity index (χ1v) is 23.9. The molecule has 376 valence electrons. The molecule has 24 atom stereocenters. The molecule has 2 aliphatic carbocycles. The zero-order valence-corrected chi connectivity index (χ0v) is 39.5. The molecule has 1 saturated carbocycles. The Labute approximate surface area is 387 Å². The Morgan fingerprint density at radius 3 is 1.76 bits per heavy atom. The second-order valence-electron chi connectivity index (χ2n) is 19.8. The average molecular weight is 943 g/mol. The summed E-state index contributed by atoms with van der Waals surface area (Å²) >= 11 is 0. The van der Waals surface area contributed by atoms with Gasteiger partial charge in [-0.1, -0.05) is 18.6 Å². The van der Waals surface area contributed by atoms with Crippen LogP contribution in [0.2, 0.25) is 0 Å². The lowest BCUT2D eigenvalue weighted by Crippen LogP contribution is -2.62. The Balaban J connectivity index is 0.837. The summed E-state index contributed by atoms with van der Waals surface area (Å²) in [5.74, 6) is 0.328. The van der Waals surface area contributed by atoms with E-state index in [1.807, 2.05) is 20.8 Å². The van der Waals surface area contributed by atoms with Crippen LogP contribution in [0.4, 0.5) is 0 Å². The van der Waals surface area contributed by atoms with Crippen LogP contribution in [0.15, 0.2) is 23.5 Å². The monoisotopic (exact) mass is 942 g/mol. The van der Waals surface area contributed by atoms with Crippen LogP contribution in [0.3, 0.4) is 0 Å². The first kappa shape index (κ1) is 50.7. The van der Waals surface area contributed by atoms with E-state index < -0.39 is 129 Å². The Kier molecular flexibility index (Phi) is 16.4. The number of hydrogen-bond donors (Lipinski definition) is 5. The highest BCUT2D eigenvalue weighted by molar-refractivity contribution is 5.75. The number of esters is 1. The molecule has 5 saturated heterocycles. The maximum Gasteiger partial charge on any atom is 0.314 e. The van der Waals surface area contributed by atoms with Gasteiger partial charge in [-0.25, -0.2) is 0 Å². The van der Waals surface area contributed by atoms with Crippen LogP contribution < -0.4 is 0 Å². The predicted molar refractivity (Wildman–Crippen MR) is 228 cm³/mol. The molecule has 19 heteroatoms. The van der Waals surface area contributed by atoms with Gasteiger partial charge in [-0.3, -0.25) is 4.79 Å². The van der Waals surface area contributed by atoms with Gasteiger partial charge in [0.2, 0.25) is 0 Å². The summed E-state index contributed by atoms with van der Waals surface area (Å²) in [5, 5.41) is 52.4. The number of cyclic esters (lactones) is 1. The molecule has 0 aromatic rings. The van der Waals surface area contributed by atoms with Crippen molar-refractivity contribution in [3.8, 4) is 0 Å². The third kappa shape index (κ3) is 10.2. The number of rotatable bonds is 13. The first-order chi connectivity index (χ1) is 31.6. The third-order valence-corrected chi connectivity index (χ3v) is 15.8. The largest absolute Gasteiger partial charge is 0.431 e. The van der Waals surface area contributed by atoms with Gasteiger partial charge in [-0.2, -0.15) is 0 Å². The van der Waals surface area contributed by atoms with Gasteiger partial charge in [-0.05, 0) is 77.2 Å². The van der Waals surface area contributed by atoms with Crippen molar-refractivity contribution < 1.29 is 91.9 Å². The molecule has 1 unspecified atom stereocenters. The summed E-state index contributed by atoms with van der Waals surface area (Å²) in [6.45, 7) is 9.82. The number of allylic oxidation sites excluding steroid dienone is 2. The topological polar surface area (TPSA) is 238 Å². The summed E-state index contributed by atoms with van der Waals surface area (Å²) in [6.07, 6.45) is -7.11. The van der Waals surface area contributed by atoms with Crippen molar-refractivity contribution in [3.05, 3.63) is 23.5 Å². The fourth-order valence-electron chi connectivity index (χ4n) is 11.9. The molecule has 6 aliphatic heterocycles. The van der Waals surface area contributed by atoms with Gasteiger partial charge in [0.1, 0.15) is 48.5 Å². The van der Waals surface area contributed by atoms with Crippen LogP contribution in [-0.4, -0.2) is 189 Å². The van der Waals surface area contributed by atoms with Crippen molar-refractivity contribution in [1.82, 2.24) is 0 Å². The average Bonchev–Trinajstić information content (AvgIpc) is 3.64. The number of carbonyl (C=O) groups excluding carboxylic acids is 1. The lowest BCUT2D eigenvalue weighted by Gasteiger charge is -2.51. The summed E-state index contributed by atoms with van der Waals surface area (Å²) in [5.41, 5.74) is 0.800. The maximum absolute atomic E-state index is 13.5. The summed E-state index contributed by atoms with van der Waals surface area (Å²) in [6, 6.07) is 0. The van der Waals surface area contributed by atoms with Gasteiger partial charge >= 0.3 is 5.97 Å². The number of hydrogen-bond acceptors (Lipinski definition) is 19. The third-order valence-electron chi connectivity index (χ3n) is 15.8. The van der Waals surface area contributed by atoms with E-state index >= 15 is 0 Å². The Bertz CT molecular complexity index is 1700. The number of aliphatic hydroxyl groups is 5. The summed E-state index contributed by atoms with van der Waals surface area (Å²) in [7, 11) is 4.75. The fraction of sp³-hybridized carbons (Fsp3) is 0.894. The zero-order chi connectivity index (χ0) is 47.2. The smallest absolute Gasteiger partial charge is 0.314 e. The number of ether oxygens (including phenoxy) is 13. The minimum atomic E-state index is -1.59. The SMILES string of the molecule is CO[C@H]1C[C@H](O[C@H]2[C@@H](OC)C[C@H](O[C@@H]3CC4=CC[C@H]5C(=O)OC([C@@H]6CCOC6C)=CC[C@@H]5[C@@]4(C)C[C@H]3O)O[C@@H]2C)O[C@@H](C)[C@H]1O[C@H]1C[C@H](OC)[C@H](O[C@@H]2O[C@H](CO)[C@@H](O)[C@H](O)[C@H]2O)[C@@H](C)O1. The van der Waals surface area contributed by atoms with Crippen LogP contribution >= 0.6 is 0 Å². The van der Waals surface area contributed by atoms with Crippen LogP contribution in [0, 0.1) is 23.2 Å². The van der Waals surface area contributed by atoms with Crippen LogP contribution in [-0.2, 0) is 66.4 Å². The predicted octanol–water partition coefficient (Wildman–Crippen LogP) is 1.76. The van der Waals surface area contributed by atoms with E-state index in [4.69, 9.17) is 61.6 Å². The molecule has 0 aromatic heterocycles. The van der Waals surface area contributed by atoms with Gasteiger partial charge in [0.05, 0.1) is 67.5 Å². The molecule has 8 rings (SSSR count). The standard InChI is InChI=1S/C47H74O19/c1-21-26(13-14-57-21)30-12-11-28-27(45(53)62-30)10-9-25-15-31(29(49)19-47(25,28)5)61-36-16-32(54-6)42(22(2)58-36)64-37-17-33(55-7)43(23(3)59-37)65-38-18-34(56-8)44(24(4)60-38)66-46-41(52)40(51)39(50)35(20-48)63-46/h9,12,21-24,26-29,31-44,46,48-52H,10-11,13-20H2,1-8H3/t21?,22-,23+,24-,26-,27-,28+,29-,31-,32+,33+,34+,35-,36+,37+,38+,39-,40+,41-,42-,43-,44-,46+,47+/m1/s1. The van der Waals surface area contributed by atoms with E-state index in [-0.39, 0.29) is 36.2 Å². The van der Waals surface area contributed by atoms with Gasteiger partial charge in [0, 0.05) is 53.1 Å². The van der Waals surface area contributed by atoms with Crippen molar-refractivity contribution in [1.29, 1.82) is 0 Å². The minimum Gasteiger partial charge on any atom is -0.431 e. The van der Waals surface area contributed by atoms with Crippen LogP contribution in [0.1, 0.15) is 86.0 Å². The second kappa shape index (κ2) is 21.3. The van der Waals surface area contributed by atoms with Crippen molar-refractivity contribution in [2.24, 2.45) is 23.2 Å². The highest BCUT2D eigenvalue weighted by atomic mass is 16.8. The molecule has 5 N–H and O–H groups in total. The molecule has 0 aromatic carbocycles. The summed E-state index contributed by atoms with van der Waals surface area (Å²) < 4.78 is 79.9. The second-order valence-corrected chi connectivity index (χ2v) is 19.8. The van der Waals surface area contributed by atoms with Crippen LogP contribution in [0.25, 0.3) is 0 Å². The molecule has 8 aliphatic rings. The lowest BCUT2D eigenvalue weighted by atomic mass is 9.55. The normalized spacial score (nSPS) is 50.1. The van der Waals surface area contributed by atoms with Gasteiger partial charge in [0.25, 0.3) is 0 Å². The van der Waals surface area contributed by atoms with Crippen molar-refractivity contribution in [3.63, 3.8) is 0 Å². The summed E-state index contributed by atoms with van der Waals surface area (Å²) in [4.78, 5) is 13.5. The van der Waals surface area contributed by atoms with Crippen molar-refractivity contribution in [2.75, 3.05) is 34.5 Å².